The lowest BCUT2D eigenvalue weighted by Crippen LogP contribution is -2.25. The smallest absolute Gasteiger partial charge is 0.291 e. The zero-order valence-electron chi connectivity index (χ0n) is 12.3. The molecule has 0 atom stereocenters. The molecule has 11 nitrogen and oxygen atoms in total. The maximum Gasteiger partial charge on any atom is 0.308 e. The van der Waals surface area contributed by atoms with Gasteiger partial charge in [-0.1, -0.05) is 18.2 Å². The quantitative estimate of drug-likeness (QED) is 0.627. The first kappa shape index (κ1) is 16.6. The van der Waals surface area contributed by atoms with E-state index in [0.29, 0.717) is 17.8 Å². The number of hydrogen-bond donors (Lipinski definition) is 1. The number of para-hydroxylation sites is 1. The second-order valence-corrected chi connectivity index (χ2v) is 4.64. The van der Waals surface area contributed by atoms with E-state index in [1.807, 2.05) is 0 Å². The van der Waals surface area contributed by atoms with Gasteiger partial charge >= 0.3 is 11.4 Å². The predicted octanol–water partition coefficient (Wildman–Crippen LogP) is 2.87. The molecule has 0 radical (unpaired) electrons. The SMILES string of the molecule is CN(Nc1c([N+](=O)[O-])cc([N+](=O)[O-])cc1[N+](=O)[O-])c1ccccc1. The van der Waals surface area contributed by atoms with Crippen LogP contribution in [0.5, 0.6) is 0 Å². The number of hydrazine groups is 1. The van der Waals surface area contributed by atoms with Crippen molar-refractivity contribution in [2.45, 2.75) is 0 Å². The van der Waals surface area contributed by atoms with Crippen molar-refractivity contribution in [1.29, 1.82) is 0 Å². The van der Waals surface area contributed by atoms with E-state index in [1.165, 1.54) is 12.1 Å². The molecule has 0 saturated carbocycles. The minimum Gasteiger partial charge on any atom is -0.291 e. The average molecular weight is 333 g/mol. The van der Waals surface area contributed by atoms with Crippen LogP contribution < -0.4 is 10.4 Å². The van der Waals surface area contributed by atoms with Gasteiger partial charge in [-0.05, 0) is 12.1 Å². The minimum atomic E-state index is -0.926. The summed E-state index contributed by atoms with van der Waals surface area (Å²) < 4.78 is 0. The van der Waals surface area contributed by atoms with Gasteiger partial charge in [0, 0.05) is 7.05 Å². The number of non-ortho nitro benzene ring substituents is 1. The van der Waals surface area contributed by atoms with Gasteiger partial charge in [-0.3, -0.25) is 40.8 Å². The molecule has 2 aromatic carbocycles. The van der Waals surface area contributed by atoms with Crippen molar-refractivity contribution in [3.05, 3.63) is 72.8 Å². The van der Waals surface area contributed by atoms with Gasteiger partial charge in [0.05, 0.1) is 32.6 Å². The molecule has 2 aromatic rings. The molecule has 0 aliphatic carbocycles. The molecule has 0 spiro atoms. The van der Waals surface area contributed by atoms with Gasteiger partial charge in [-0.2, -0.15) is 0 Å². The Morgan fingerprint density at radius 2 is 1.38 bits per heavy atom. The van der Waals surface area contributed by atoms with Gasteiger partial charge in [0.25, 0.3) is 5.69 Å². The summed E-state index contributed by atoms with van der Waals surface area (Å²) >= 11 is 0. The number of anilines is 2. The van der Waals surface area contributed by atoms with Crippen molar-refractivity contribution < 1.29 is 14.8 Å². The summed E-state index contributed by atoms with van der Waals surface area (Å²) in [6, 6.07) is 9.89. The van der Waals surface area contributed by atoms with Crippen LogP contribution in [0.1, 0.15) is 0 Å². The van der Waals surface area contributed by atoms with E-state index in [0.717, 1.165) is 0 Å². The number of nitrogens with zero attached hydrogens (tertiary/aromatic N) is 4. The van der Waals surface area contributed by atoms with Crippen LogP contribution in [0.15, 0.2) is 42.5 Å². The predicted molar refractivity (Wildman–Crippen MR) is 84.9 cm³/mol. The summed E-state index contributed by atoms with van der Waals surface area (Å²) in [5, 5.41) is 34.6. The summed E-state index contributed by atoms with van der Waals surface area (Å²) in [5.74, 6) is 0. The highest BCUT2D eigenvalue weighted by Gasteiger charge is 2.31. The van der Waals surface area contributed by atoms with Gasteiger partial charge in [-0.15, -0.1) is 0 Å². The lowest BCUT2D eigenvalue weighted by Gasteiger charge is -2.21. The molecule has 0 heterocycles. The van der Waals surface area contributed by atoms with E-state index >= 15 is 0 Å². The summed E-state index contributed by atoms with van der Waals surface area (Å²) in [6.07, 6.45) is 0. The molecule has 0 amide bonds. The highest BCUT2D eigenvalue weighted by molar-refractivity contribution is 5.78. The van der Waals surface area contributed by atoms with Crippen LogP contribution in [0.4, 0.5) is 28.4 Å². The van der Waals surface area contributed by atoms with Crippen LogP contribution in [0, 0.1) is 30.3 Å². The molecule has 24 heavy (non-hydrogen) atoms. The molecule has 0 aromatic heterocycles. The molecule has 0 saturated heterocycles. The first-order chi connectivity index (χ1) is 11.3. The summed E-state index contributed by atoms with van der Waals surface area (Å²) in [5.41, 5.74) is 0.427. The van der Waals surface area contributed by atoms with Gasteiger partial charge in [0.2, 0.25) is 5.69 Å². The number of hydrogen-bond acceptors (Lipinski definition) is 8. The van der Waals surface area contributed by atoms with Crippen LogP contribution in [-0.2, 0) is 0 Å². The lowest BCUT2D eigenvalue weighted by molar-refractivity contribution is -0.401. The van der Waals surface area contributed by atoms with Crippen LogP contribution in [0.2, 0.25) is 0 Å². The molecule has 0 bridgehead atoms. The van der Waals surface area contributed by atoms with Crippen LogP contribution >= 0.6 is 0 Å². The Kier molecular flexibility index (Phi) is 4.54. The Balaban J connectivity index is 2.56. The summed E-state index contributed by atoms with van der Waals surface area (Å²) in [7, 11) is 1.50. The number of rotatable bonds is 6. The topological polar surface area (TPSA) is 145 Å². The van der Waals surface area contributed by atoms with Crippen molar-refractivity contribution in [1.82, 2.24) is 0 Å². The van der Waals surface area contributed by atoms with Gasteiger partial charge < -0.3 is 0 Å². The first-order valence-corrected chi connectivity index (χ1v) is 6.48. The molecule has 124 valence electrons. The standard InChI is InChI=1S/C13H11N5O6/c1-15(9-5-3-2-4-6-9)14-13-11(17(21)22)7-10(16(19)20)8-12(13)18(23)24/h2-8,14H,1H3. The van der Waals surface area contributed by atoms with Crippen LogP contribution in [-0.4, -0.2) is 21.8 Å². The van der Waals surface area contributed by atoms with Crippen molar-refractivity contribution >= 4 is 28.4 Å². The van der Waals surface area contributed by atoms with Crippen LogP contribution in [0.3, 0.4) is 0 Å². The average Bonchev–Trinajstić information content (AvgIpc) is 2.54. The Bertz CT molecular complexity index is 775. The zero-order valence-corrected chi connectivity index (χ0v) is 12.3. The van der Waals surface area contributed by atoms with E-state index in [-0.39, 0.29) is 0 Å². The third-order valence-electron chi connectivity index (χ3n) is 3.11. The van der Waals surface area contributed by atoms with Crippen molar-refractivity contribution in [3.63, 3.8) is 0 Å². The van der Waals surface area contributed by atoms with Crippen molar-refractivity contribution in [2.24, 2.45) is 0 Å². The fourth-order valence-electron chi connectivity index (χ4n) is 1.99. The zero-order chi connectivity index (χ0) is 17.9. The number of nitro groups is 3. The molecule has 11 heteroatoms. The number of nitrogens with one attached hydrogen (secondary N) is 1. The molecule has 0 fully saturated rings. The van der Waals surface area contributed by atoms with E-state index in [4.69, 9.17) is 0 Å². The molecule has 0 aliphatic heterocycles. The Hall–Kier alpha value is -3.76. The van der Waals surface area contributed by atoms with Crippen molar-refractivity contribution in [2.75, 3.05) is 17.5 Å². The van der Waals surface area contributed by atoms with Gasteiger partial charge in [0.15, 0.2) is 0 Å². The molecule has 0 unspecified atom stereocenters. The normalized spacial score (nSPS) is 10.0. The fraction of sp³-hybridized carbons (Fsp3) is 0.0769. The third-order valence-corrected chi connectivity index (χ3v) is 3.11. The number of nitro benzene ring substituents is 3. The molecular formula is C13H11N5O6. The second-order valence-electron chi connectivity index (χ2n) is 4.64. The highest BCUT2D eigenvalue weighted by Crippen LogP contribution is 2.38. The Morgan fingerprint density at radius 3 is 1.79 bits per heavy atom. The van der Waals surface area contributed by atoms with E-state index < -0.39 is 37.5 Å². The van der Waals surface area contributed by atoms with E-state index in [9.17, 15) is 30.3 Å². The maximum absolute atomic E-state index is 11.2. The minimum absolute atomic E-state index is 0.443. The Morgan fingerprint density at radius 1 is 0.875 bits per heavy atom. The highest BCUT2D eigenvalue weighted by atomic mass is 16.6. The Labute approximate surface area is 134 Å². The fourth-order valence-corrected chi connectivity index (χ4v) is 1.99. The maximum atomic E-state index is 11.2. The lowest BCUT2D eigenvalue weighted by atomic mass is 10.2. The molecular weight excluding hydrogens is 322 g/mol. The van der Waals surface area contributed by atoms with Crippen LogP contribution in [0.25, 0.3) is 0 Å². The number of benzene rings is 2. The monoisotopic (exact) mass is 333 g/mol. The first-order valence-electron chi connectivity index (χ1n) is 6.48. The molecule has 0 aliphatic rings. The summed E-state index contributed by atoms with van der Waals surface area (Å²) in [6.45, 7) is 0. The second kappa shape index (κ2) is 6.56. The molecule has 2 rings (SSSR count). The summed E-state index contributed by atoms with van der Waals surface area (Å²) in [4.78, 5) is 30.5. The third kappa shape index (κ3) is 3.35. The van der Waals surface area contributed by atoms with E-state index in [1.54, 1.807) is 30.3 Å². The van der Waals surface area contributed by atoms with Gasteiger partial charge in [-0.25, -0.2) is 0 Å². The van der Waals surface area contributed by atoms with Crippen molar-refractivity contribution in [3.8, 4) is 0 Å². The van der Waals surface area contributed by atoms with Gasteiger partial charge in [0.1, 0.15) is 0 Å². The van der Waals surface area contributed by atoms with E-state index in [2.05, 4.69) is 5.43 Å². The molecule has 1 N–H and O–H groups in total. The largest absolute Gasteiger partial charge is 0.308 e.